The molecule has 0 saturated carbocycles. The highest BCUT2D eigenvalue weighted by Gasteiger charge is 2.34. The molecule has 0 radical (unpaired) electrons. The average molecular weight is 438 g/mol. The van der Waals surface area contributed by atoms with Crippen LogP contribution in [-0.2, 0) is 15.3 Å². The lowest BCUT2D eigenvalue weighted by molar-refractivity contribution is -0.123. The van der Waals surface area contributed by atoms with E-state index in [0.29, 0.717) is 16.6 Å². The van der Waals surface area contributed by atoms with E-state index in [2.05, 4.69) is 20.6 Å². The van der Waals surface area contributed by atoms with Crippen LogP contribution in [-0.4, -0.2) is 21.8 Å². The van der Waals surface area contributed by atoms with Gasteiger partial charge in [0.15, 0.2) is 5.16 Å². The molecule has 0 spiro atoms. The highest BCUT2D eigenvalue weighted by Crippen LogP contribution is 2.31. The third-order valence-electron chi connectivity index (χ3n) is 4.94. The zero-order valence-electron chi connectivity index (χ0n) is 16.6. The maximum atomic E-state index is 13.1. The summed E-state index contributed by atoms with van der Waals surface area (Å²) in [6, 6.07) is 13.3. The van der Waals surface area contributed by atoms with Gasteiger partial charge in [-0.15, -0.1) is 0 Å². The summed E-state index contributed by atoms with van der Waals surface area (Å²) in [5, 5.41) is 5.69. The molecule has 0 unspecified atom stereocenters. The number of aromatic nitrogens is 2. The van der Waals surface area contributed by atoms with Gasteiger partial charge in [0.1, 0.15) is 11.6 Å². The third-order valence-corrected chi connectivity index (χ3v) is 5.88. The molecule has 0 bridgehead atoms. The summed E-state index contributed by atoms with van der Waals surface area (Å²) in [4.78, 5) is 44.9. The molecule has 1 aliphatic rings. The molecule has 158 valence electrons. The van der Waals surface area contributed by atoms with Crippen LogP contribution in [0.15, 0.2) is 58.5 Å². The topological polar surface area (TPSA) is 104 Å². The van der Waals surface area contributed by atoms with Crippen molar-refractivity contribution in [1.82, 2.24) is 9.97 Å². The number of aryl methyl sites for hydroxylation is 1. The number of thioether (sulfide) groups is 1. The number of para-hydroxylation sites is 1. The number of carbonyl (C=O) groups excluding carboxylic acids is 2. The number of hydrogen-bond acceptors (Lipinski definition) is 5. The van der Waals surface area contributed by atoms with Crippen LogP contribution in [0, 0.1) is 12.7 Å². The predicted molar refractivity (Wildman–Crippen MR) is 117 cm³/mol. The highest BCUT2D eigenvalue weighted by atomic mass is 32.2. The Morgan fingerprint density at radius 3 is 2.68 bits per heavy atom. The Morgan fingerprint density at radius 1 is 1.19 bits per heavy atom. The van der Waals surface area contributed by atoms with Gasteiger partial charge in [0, 0.05) is 17.9 Å². The Bertz CT molecular complexity index is 1210. The summed E-state index contributed by atoms with van der Waals surface area (Å²) in [6.07, 6.45) is -0.141. The van der Waals surface area contributed by atoms with E-state index in [-0.39, 0.29) is 29.5 Å². The summed E-state index contributed by atoms with van der Waals surface area (Å²) >= 11 is 1.24. The van der Waals surface area contributed by atoms with Gasteiger partial charge in [-0.1, -0.05) is 42.1 Å². The van der Waals surface area contributed by atoms with E-state index in [1.165, 1.54) is 23.9 Å². The van der Waals surface area contributed by atoms with Crippen molar-refractivity contribution in [3.05, 3.63) is 81.4 Å². The molecule has 2 heterocycles. The molecule has 2 aromatic carbocycles. The van der Waals surface area contributed by atoms with Gasteiger partial charge in [0.05, 0.1) is 11.5 Å². The molecule has 7 nitrogen and oxygen atoms in total. The first-order chi connectivity index (χ1) is 14.9. The number of rotatable bonds is 5. The molecule has 1 aliphatic heterocycles. The number of nitrogens with one attached hydrogen (secondary N) is 3. The third kappa shape index (κ3) is 4.66. The zero-order valence-corrected chi connectivity index (χ0v) is 17.4. The summed E-state index contributed by atoms with van der Waals surface area (Å²) in [5.74, 6) is -1.56. The minimum atomic E-state index is -0.948. The lowest BCUT2D eigenvalue weighted by Gasteiger charge is -2.23. The Kier molecular flexibility index (Phi) is 5.85. The molecular weight excluding hydrogens is 419 g/mol. The second-order valence-electron chi connectivity index (χ2n) is 7.16. The lowest BCUT2D eigenvalue weighted by atomic mass is 9.92. The van der Waals surface area contributed by atoms with Crippen molar-refractivity contribution in [1.29, 1.82) is 0 Å². The maximum Gasteiger partial charge on any atom is 0.257 e. The van der Waals surface area contributed by atoms with Gasteiger partial charge in [-0.3, -0.25) is 14.4 Å². The zero-order chi connectivity index (χ0) is 22.0. The van der Waals surface area contributed by atoms with Crippen LogP contribution in [0.25, 0.3) is 0 Å². The molecule has 3 aromatic rings. The van der Waals surface area contributed by atoms with Gasteiger partial charge in [-0.05, 0) is 36.2 Å². The maximum absolute atomic E-state index is 13.1. The molecular formula is C22H19FN4O3S. The van der Waals surface area contributed by atoms with Gasteiger partial charge >= 0.3 is 0 Å². The van der Waals surface area contributed by atoms with E-state index >= 15 is 0 Å². The van der Waals surface area contributed by atoms with Crippen LogP contribution >= 0.6 is 11.8 Å². The largest absolute Gasteiger partial charge is 0.325 e. The van der Waals surface area contributed by atoms with E-state index in [4.69, 9.17) is 0 Å². The summed E-state index contributed by atoms with van der Waals surface area (Å²) in [6.45, 7) is 1.86. The van der Waals surface area contributed by atoms with Crippen LogP contribution in [0.4, 0.5) is 15.9 Å². The van der Waals surface area contributed by atoms with Crippen molar-refractivity contribution in [2.75, 3.05) is 10.6 Å². The van der Waals surface area contributed by atoms with Gasteiger partial charge in [0.25, 0.3) is 5.56 Å². The summed E-state index contributed by atoms with van der Waals surface area (Å²) in [5.41, 5.74) is 2.01. The second kappa shape index (κ2) is 8.73. The average Bonchev–Trinajstić information content (AvgIpc) is 2.74. The number of fused-ring (bicyclic) bond motifs is 1. The number of nitrogens with zero attached hydrogens (tertiary/aromatic N) is 1. The fourth-order valence-corrected chi connectivity index (χ4v) is 4.12. The number of halogens is 1. The standard InChI is InChI=1S/C22H19FN4O3S/c1-12-4-2-3-5-16(12)24-20(29)15-10-17(28)25-19-18(15)21(30)27-22(26-19)31-11-13-6-8-14(23)9-7-13/h2-9,15H,10-11H2,1H3,(H,24,29)(H2,25,26,27,28,30)/t15-/m0/s1. The van der Waals surface area contributed by atoms with Crippen molar-refractivity contribution in [3.8, 4) is 0 Å². The van der Waals surface area contributed by atoms with Crippen molar-refractivity contribution in [2.24, 2.45) is 0 Å². The number of H-pyrrole nitrogens is 1. The normalized spacial score (nSPS) is 15.2. The molecule has 1 aromatic heterocycles. The molecule has 1 atom stereocenters. The molecule has 0 aliphatic carbocycles. The molecule has 9 heteroatoms. The van der Waals surface area contributed by atoms with Crippen LogP contribution in [0.3, 0.4) is 0 Å². The predicted octanol–water partition coefficient (Wildman–Crippen LogP) is 3.57. The Morgan fingerprint density at radius 2 is 1.94 bits per heavy atom. The first-order valence-electron chi connectivity index (χ1n) is 9.58. The number of anilines is 2. The van der Waals surface area contributed by atoms with E-state index in [0.717, 1.165) is 11.1 Å². The number of amides is 2. The van der Waals surface area contributed by atoms with E-state index < -0.39 is 17.4 Å². The smallest absolute Gasteiger partial charge is 0.257 e. The Labute approximate surface area is 181 Å². The minimum absolute atomic E-state index is 0.0894. The summed E-state index contributed by atoms with van der Waals surface area (Å²) in [7, 11) is 0. The number of carbonyl (C=O) groups is 2. The van der Waals surface area contributed by atoms with E-state index in [1.54, 1.807) is 24.3 Å². The van der Waals surface area contributed by atoms with Crippen LogP contribution < -0.4 is 16.2 Å². The quantitative estimate of drug-likeness (QED) is 0.417. The Balaban J connectivity index is 1.58. The van der Waals surface area contributed by atoms with Gasteiger partial charge in [-0.2, -0.15) is 0 Å². The van der Waals surface area contributed by atoms with E-state index in [9.17, 15) is 18.8 Å². The van der Waals surface area contributed by atoms with Crippen molar-refractivity contribution in [2.45, 2.75) is 30.2 Å². The summed E-state index contributed by atoms with van der Waals surface area (Å²) < 4.78 is 13.1. The van der Waals surface area contributed by atoms with Crippen LogP contribution in [0.2, 0.25) is 0 Å². The van der Waals surface area contributed by atoms with Crippen molar-refractivity contribution >= 4 is 35.1 Å². The van der Waals surface area contributed by atoms with Crippen molar-refractivity contribution < 1.29 is 14.0 Å². The molecule has 0 fully saturated rings. The fourth-order valence-electron chi connectivity index (χ4n) is 3.31. The molecule has 0 saturated heterocycles. The fraction of sp³-hybridized carbons (Fsp3) is 0.182. The second-order valence-corrected chi connectivity index (χ2v) is 8.12. The monoisotopic (exact) mass is 438 g/mol. The molecule has 3 N–H and O–H groups in total. The number of aromatic amines is 1. The van der Waals surface area contributed by atoms with Gasteiger partial charge < -0.3 is 15.6 Å². The number of benzene rings is 2. The first kappa shape index (κ1) is 20.8. The number of hydrogen-bond donors (Lipinski definition) is 3. The molecule has 2 amide bonds. The molecule has 4 rings (SSSR count). The van der Waals surface area contributed by atoms with Crippen LogP contribution in [0.5, 0.6) is 0 Å². The highest BCUT2D eigenvalue weighted by molar-refractivity contribution is 7.98. The minimum Gasteiger partial charge on any atom is -0.325 e. The van der Waals surface area contributed by atoms with Crippen LogP contribution in [0.1, 0.15) is 29.0 Å². The lowest BCUT2D eigenvalue weighted by Crippen LogP contribution is -2.36. The van der Waals surface area contributed by atoms with Crippen molar-refractivity contribution in [3.63, 3.8) is 0 Å². The van der Waals surface area contributed by atoms with E-state index in [1.807, 2.05) is 19.1 Å². The Hall–Kier alpha value is -3.46. The van der Waals surface area contributed by atoms with Gasteiger partial charge in [0.2, 0.25) is 11.8 Å². The van der Waals surface area contributed by atoms with Gasteiger partial charge in [-0.25, -0.2) is 9.37 Å². The molecule has 31 heavy (non-hydrogen) atoms. The first-order valence-corrected chi connectivity index (χ1v) is 10.6. The SMILES string of the molecule is Cc1ccccc1NC(=O)[C@H]1CC(=O)Nc2nc(SCc3ccc(F)cc3)[nH]c(=O)c21.